The van der Waals surface area contributed by atoms with Crippen LogP contribution in [0, 0.1) is 12.3 Å². The average Bonchev–Trinajstić information content (AvgIpc) is 2.48. The van der Waals surface area contributed by atoms with E-state index in [1.807, 2.05) is 13.0 Å². The van der Waals surface area contributed by atoms with Crippen LogP contribution < -0.4 is 5.32 Å². The Morgan fingerprint density at radius 2 is 1.81 bits per heavy atom. The predicted octanol–water partition coefficient (Wildman–Crippen LogP) is 3.62. The second-order valence-corrected chi connectivity index (χ2v) is 6.32. The molecule has 1 saturated heterocycles. The number of rotatable bonds is 6. The maximum absolute atomic E-state index is 4.63. The molecule has 0 amide bonds. The summed E-state index contributed by atoms with van der Waals surface area (Å²) >= 11 is 0. The molecule has 2 heterocycles. The van der Waals surface area contributed by atoms with Crippen LogP contribution in [-0.4, -0.2) is 34.5 Å². The Balaban J connectivity index is 1.97. The number of piperidine rings is 1. The molecule has 0 atom stereocenters. The molecule has 0 bridgehead atoms. The smallest absolute Gasteiger partial charge is 0.144 e. The number of nitrogens with one attached hydrogen (secondary N) is 1. The van der Waals surface area contributed by atoms with E-state index < -0.39 is 0 Å². The van der Waals surface area contributed by atoms with E-state index in [1.54, 1.807) is 0 Å². The first kappa shape index (κ1) is 16.2. The first-order chi connectivity index (χ1) is 10.1. The van der Waals surface area contributed by atoms with E-state index >= 15 is 0 Å². The van der Waals surface area contributed by atoms with Crippen LogP contribution in [0.3, 0.4) is 0 Å². The lowest BCUT2D eigenvalue weighted by Crippen LogP contribution is -2.39. The molecule has 0 spiro atoms. The van der Waals surface area contributed by atoms with Crippen LogP contribution >= 0.6 is 0 Å². The predicted molar refractivity (Wildman–Crippen MR) is 88.5 cm³/mol. The number of likely N-dealkylation sites (tertiary alicyclic amines) is 1. The monoisotopic (exact) mass is 290 g/mol. The molecule has 4 nitrogen and oxygen atoms in total. The van der Waals surface area contributed by atoms with Crippen LogP contribution in [0.1, 0.15) is 58.0 Å². The van der Waals surface area contributed by atoms with Crippen molar-refractivity contribution >= 4 is 5.82 Å². The number of nitrogens with zero attached hydrogens (tertiary/aromatic N) is 3. The molecule has 2 rings (SSSR count). The van der Waals surface area contributed by atoms with Crippen molar-refractivity contribution in [3.05, 3.63) is 17.6 Å². The summed E-state index contributed by atoms with van der Waals surface area (Å²) < 4.78 is 0. The molecule has 0 radical (unpaired) electrons. The summed E-state index contributed by atoms with van der Waals surface area (Å²) in [7, 11) is 0. The van der Waals surface area contributed by atoms with Crippen LogP contribution in [-0.2, 0) is 6.54 Å². The van der Waals surface area contributed by atoms with Gasteiger partial charge in [-0.2, -0.15) is 0 Å². The van der Waals surface area contributed by atoms with Gasteiger partial charge < -0.3 is 5.32 Å². The van der Waals surface area contributed by atoms with E-state index in [0.717, 1.165) is 30.4 Å². The van der Waals surface area contributed by atoms with Crippen molar-refractivity contribution < 1.29 is 0 Å². The van der Waals surface area contributed by atoms with Crippen LogP contribution in [0.4, 0.5) is 5.82 Å². The SMILES string of the molecule is CCNc1cc(C)nc(CN2CCC(CC)(CC)CC2)n1. The van der Waals surface area contributed by atoms with Crippen molar-refractivity contribution in [2.24, 2.45) is 5.41 Å². The highest BCUT2D eigenvalue weighted by Gasteiger charge is 2.31. The van der Waals surface area contributed by atoms with Gasteiger partial charge in [0.1, 0.15) is 11.6 Å². The minimum atomic E-state index is 0.582. The Labute approximate surface area is 129 Å². The Hall–Kier alpha value is -1.16. The largest absolute Gasteiger partial charge is 0.370 e. The second kappa shape index (κ2) is 7.21. The Morgan fingerprint density at radius 3 is 2.38 bits per heavy atom. The van der Waals surface area contributed by atoms with Gasteiger partial charge in [-0.15, -0.1) is 0 Å². The van der Waals surface area contributed by atoms with Gasteiger partial charge in [-0.25, -0.2) is 9.97 Å². The topological polar surface area (TPSA) is 41.1 Å². The van der Waals surface area contributed by atoms with Crippen LogP contribution in [0.5, 0.6) is 0 Å². The maximum Gasteiger partial charge on any atom is 0.144 e. The van der Waals surface area contributed by atoms with Crippen molar-refractivity contribution in [2.45, 2.75) is 59.9 Å². The zero-order valence-electron chi connectivity index (χ0n) is 14.1. The van der Waals surface area contributed by atoms with E-state index in [1.165, 1.54) is 38.8 Å². The Kier molecular flexibility index (Phi) is 5.57. The summed E-state index contributed by atoms with van der Waals surface area (Å²) in [5, 5.41) is 3.29. The lowest BCUT2D eigenvalue weighted by Gasteiger charge is -2.40. The van der Waals surface area contributed by atoms with Gasteiger partial charge >= 0.3 is 0 Å². The maximum atomic E-state index is 4.63. The normalized spacial score (nSPS) is 18.7. The summed E-state index contributed by atoms with van der Waals surface area (Å²) in [6, 6.07) is 2.02. The average molecular weight is 290 g/mol. The molecular formula is C17H30N4. The van der Waals surface area contributed by atoms with E-state index in [2.05, 4.69) is 41.0 Å². The molecule has 1 N–H and O–H groups in total. The molecule has 1 aromatic heterocycles. The number of aryl methyl sites for hydroxylation is 1. The van der Waals surface area contributed by atoms with Gasteiger partial charge in [0.15, 0.2) is 0 Å². The minimum Gasteiger partial charge on any atom is -0.370 e. The van der Waals surface area contributed by atoms with Gasteiger partial charge in [0, 0.05) is 18.3 Å². The Bertz CT molecular complexity index is 444. The molecule has 0 aliphatic carbocycles. The lowest BCUT2D eigenvalue weighted by atomic mass is 9.74. The Morgan fingerprint density at radius 1 is 1.14 bits per heavy atom. The summed E-state index contributed by atoms with van der Waals surface area (Å²) in [6.07, 6.45) is 5.24. The highest BCUT2D eigenvalue weighted by atomic mass is 15.2. The van der Waals surface area contributed by atoms with Gasteiger partial charge in [0.05, 0.1) is 6.54 Å². The number of aromatic nitrogens is 2. The molecule has 0 unspecified atom stereocenters. The third kappa shape index (κ3) is 4.16. The zero-order chi connectivity index (χ0) is 15.3. The standard InChI is InChI=1S/C17H30N4/c1-5-17(6-2)8-10-21(11-9-17)13-16-19-14(4)12-15(20-16)18-7-3/h12H,5-11,13H2,1-4H3,(H,18,19,20). The summed E-state index contributed by atoms with van der Waals surface area (Å²) in [4.78, 5) is 11.7. The van der Waals surface area contributed by atoms with Gasteiger partial charge in [-0.05, 0) is 45.2 Å². The third-order valence-corrected chi connectivity index (χ3v) is 5.04. The van der Waals surface area contributed by atoms with Crippen LogP contribution in [0.2, 0.25) is 0 Å². The highest BCUT2D eigenvalue weighted by Crippen LogP contribution is 2.38. The van der Waals surface area contributed by atoms with Crippen molar-refractivity contribution in [2.75, 3.05) is 25.0 Å². The van der Waals surface area contributed by atoms with Gasteiger partial charge in [0.2, 0.25) is 0 Å². The molecular weight excluding hydrogens is 260 g/mol. The van der Waals surface area contributed by atoms with Gasteiger partial charge in [0.25, 0.3) is 0 Å². The fourth-order valence-corrected chi connectivity index (χ4v) is 3.32. The molecule has 0 aromatic carbocycles. The fourth-order valence-electron chi connectivity index (χ4n) is 3.32. The van der Waals surface area contributed by atoms with Crippen molar-refractivity contribution in [1.29, 1.82) is 0 Å². The van der Waals surface area contributed by atoms with E-state index in [9.17, 15) is 0 Å². The molecule has 0 saturated carbocycles. The molecule has 118 valence electrons. The number of hydrogen-bond donors (Lipinski definition) is 1. The summed E-state index contributed by atoms with van der Waals surface area (Å²) in [5.74, 6) is 1.90. The van der Waals surface area contributed by atoms with Crippen molar-refractivity contribution in [1.82, 2.24) is 14.9 Å². The molecule has 21 heavy (non-hydrogen) atoms. The zero-order valence-corrected chi connectivity index (χ0v) is 14.1. The van der Waals surface area contributed by atoms with Crippen LogP contribution in [0.25, 0.3) is 0 Å². The fraction of sp³-hybridized carbons (Fsp3) is 0.765. The lowest BCUT2D eigenvalue weighted by molar-refractivity contribution is 0.0892. The first-order valence-electron chi connectivity index (χ1n) is 8.41. The number of hydrogen-bond acceptors (Lipinski definition) is 4. The van der Waals surface area contributed by atoms with Crippen molar-refractivity contribution in [3.8, 4) is 0 Å². The quantitative estimate of drug-likeness (QED) is 0.869. The molecule has 1 fully saturated rings. The van der Waals surface area contributed by atoms with E-state index in [0.29, 0.717) is 5.41 Å². The number of anilines is 1. The molecule has 1 aliphatic rings. The van der Waals surface area contributed by atoms with E-state index in [4.69, 9.17) is 0 Å². The van der Waals surface area contributed by atoms with Crippen LogP contribution in [0.15, 0.2) is 6.07 Å². The second-order valence-electron chi connectivity index (χ2n) is 6.32. The van der Waals surface area contributed by atoms with Crippen molar-refractivity contribution in [3.63, 3.8) is 0 Å². The molecule has 1 aromatic rings. The first-order valence-corrected chi connectivity index (χ1v) is 8.41. The van der Waals surface area contributed by atoms with Gasteiger partial charge in [-0.1, -0.05) is 26.7 Å². The molecule has 1 aliphatic heterocycles. The minimum absolute atomic E-state index is 0.582. The third-order valence-electron chi connectivity index (χ3n) is 5.04. The highest BCUT2D eigenvalue weighted by molar-refractivity contribution is 5.35. The molecule has 4 heteroatoms. The summed E-state index contributed by atoms with van der Waals surface area (Å²) in [6.45, 7) is 12.9. The summed E-state index contributed by atoms with van der Waals surface area (Å²) in [5.41, 5.74) is 1.63. The van der Waals surface area contributed by atoms with Gasteiger partial charge in [-0.3, -0.25) is 4.90 Å². The van der Waals surface area contributed by atoms with E-state index in [-0.39, 0.29) is 0 Å².